The minimum absolute atomic E-state index is 0.0683. The van der Waals surface area contributed by atoms with Crippen molar-refractivity contribution in [2.45, 2.75) is 31.1 Å². The molecule has 94 valence electrons. The average Bonchev–Trinajstić information content (AvgIpc) is 2.39. The third kappa shape index (κ3) is 3.13. The standard InChI is InChI=1S/C13H21N3S/c1-10(14)11-3-4-13(15-9-11)16-7-5-12(17-2)6-8-16/h3-4,9-10,12H,5-8,14H2,1-2H3/t10-/m0/s1. The molecule has 0 saturated carbocycles. The summed E-state index contributed by atoms with van der Waals surface area (Å²) in [7, 11) is 0. The molecule has 2 rings (SSSR count). The predicted molar refractivity (Wildman–Crippen MR) is 75.6 cm³/mol. The van der Waals surface area contributed by atoms with E-state index in [0.717, 1.165) is 29.7 Å². The Hall–Kier alpha value is -0.740. The second-order valence-corrected chi connectivity index (χ2v) is 5.80. The van der Waals surface area contributed by atoms with Crippen molar-refractivity contribution in [1.29, 1.82) is 0 Å². The van der Waals surface area contributed by atoms with Crippen molar-refractivity contribution in [3.8, 4) is 0 Å². The van der Waals surface area contributed by atoms with Crippen LogP contribution in [0.1, 0.15) is 31.4 Å². The molecule has 0 radical (unpaired) electrons. The quantitative estimate of drug-likeness (QED) is 0.896. The van der Waals surface area contributed by atoms with Crippen molar-refractivity contribution in [1.82, 2.24) is 4.98 Å². The van der Waals surface area contributed by atoms with E-state index in [0.29, 0.717) is 0 Å². The molecule has 2 N–H and O–H groups in total. The summed E-state index contributed by atoms with van der Waals surface area (Å²) in [5.74, 6) is 1.09. The highest BCUT2D eigenvalue weighted by atomic mass is 32.2. The number of pyridine rings is 1. The molecule has 2 heterocycles. The van der Waals surface area contributed by atoms with E-state index in [1.165, 1.54) is 12.8 Å². The average molecular weight is 251 g/mol. The predicted octanol–water partition coefficient (Wildman–Crippen LogP) is 2.43. The van der Waals surface area contributed by atoms with Crippen LogP contribution in [0.4, 0.5) is 5.82 Å². The van der Waals surface area contributed by atoms with Crippen LogP contribution in [-0.4, -0.2) is 29.6 Å². The Balaban J connectivity index is 1.99. The molecule has 0 bridgehead atoms. The fourth-order valence-corrected chi connectivity index (χ4v) is 2.86. The molecule has 3 nitrogen and oxygen atoms in total. The van der Waals surface area contributed by atoms with Gasteiger partial charge in [-0.3, -0.25) is 0 Å². The van der Waals surface area contributed by atoms with Gasteiger partial charge in [0.15, 0.2) is 0 Å². The zero-order valence-corrected chi connectivity index (χ0v) is 11.4. The van der Waals surface area contributed by atoms with Crippen LogP contribution in [0, 0.1) is 0 Å². The molecule has 1 aliphatic heterocycles. The lowest BCUT2D eigenvalue weighted by Crippen LogP contribution is -2.35. The van der Waals surface area contributed by atoms with Crippen LogP contribution in [0.25, 0.3) is 0 Å². The van der Waals surface area contributed by atoms with Gasteiger partial charge in [-0.1, -0.05) is 6.07 Å². The number of hydrogen-bond acceptors (Lipinski definition) is 4. The van der Waals surface area contributed by atoms with Crippen LogP contribution >= 0.6 is 11.8 Å². The Bertz CT molecular complexity index is 342. The van der Waals surface area contributed by atoms with Crippen molar-refractivity contribution < 1.29 is 0 Å². The molecule has 1 fully saturated rings. The summed E-state index contributed by atoms with van der Waals surface area (Å²) in [5, 5.41) is 0.828. The normalized spacial score (nSPS) is 19.4. The fraction of sp³-hybridized carbons (Fsp3) is 0.615. The SMILES string of the molecule is CSC1CCN(c2ccc([C@H](C)N)cn2)CC1. The molecule has 17 heavy (non-hydrogen) atoms. The van der Waals surface area contributed by atoms with Gasteiger partial charge in [-0.05, 0) is 37.7 Å². The molecule has 0 amide bonds. The number of nitrogens with zero attached hydrogens (tertiary/aromatic N) is 2. The molecule has 1 aromatic rings. The zero-order valence-electron chi connectivity index (χ0n) is 10.6. The number of hydrogen-bond donors (Lipinski definition) is 1. The number of thioether (sulfide) groups is 1. The van der Waals surface area contributed by atoms with Crippen LogP contribution in [0.3, 0.4) is 0 Å². The number of piperidine rings is 1. The second-order valence-electron chi connectivity index (χ2n) is 4.66. The van der Waals surface area contributed by atoms with Crippen LogP contribution in [0.2, 0.25) is 0 Å². The maximum atomic E-state index is 5.82. The molecule has 0 aliphatic carbocycles. The van der Waals surface area contributed by atoms with Crippen LogP contribution in [-0.2, 0) is 0 Å². The Morgan fingerprint density at radius 1 is 1.41 bits per heavy atom. The highest BCUT2D eigenvalue weighted by molar-refractivity contribution is 7.99. The zero-order chi connectivity index (χ0) is 12.3. The van der Waals surface area contributed by atoms with Gasteiger partial charge in [0.1, 0.15) is 5.82 Å². The van der Waals surface area contributed by atoms with E-state index in [2.05, 4.69) is 28.3 Å². The van der Waals surface area contributed by atoms with Gasteiger partial charge in [0, 0.05) is 30.6 Å². The largest absolute Gasteiger partial charge is 0.357 e. The molecule has 0 unspecified atom stereocenters. The molecular weight excluding hydrogens is 230 g/mol. The van der Waals surface area contributed by atoms with E-state index in [9.17, 15) is 0 Å². The molecular formula is C13H21N3S. The Kier molecular flexibility index (Phi) is 4.29. The summed E-state index contributed by atoms with van der Waals surface area (Å²) in [6.45, 7) is 4.23. The Morgan fingerprint density at radius 3 is 2.59 bits per heavy atom. The van der Waals surface area contributed by atoms with Gasteiger partial charge < -0.3 is 10.6 Å². The van der Waals surface area contributed by atoms with Crippen molar-refractivity contribution in [2.24, 2.45) is 5.73 Å². The van der Waals surface area contributed by atoms with Gasteiger partial charge in [0.25, 0.3) is 0 Å². The van der Waals surface area contributed by atoms with Gasteiger partial charge in [0.2, 0.25) is 0 Å². The Labute approximate surface area is 108 Å². The highest BCUT2D eigenvalue weighted by Gasteiger charge is 2.19. The van der Waals surface area contributed by atoms with Crippen molar-refractivity contribution in [2.75, 3.05) is 24.2 Å². The second kappa shape index (κ2) is 5.74. The molecule has 1 atom stereocenters. The lowest BCUT2D eigenvalue weighted by atomic mass is 10.1. The summed E-state index contributed by atoms with van der Waals surface area (Å²) in [4.78, 5) is 6.89. The minimum atomic E-state index is 0.0683. The van der Waals surface area contributed by atoms with Crippen LogP contribution in [0.5, 0.6) is 0 Å². The number of anilines is 1. The maximum Gasteiger partial charge on any atom is 0.128 e. The summed E-state index contributed by atoms with van der Waals surface area (Å²) >= 11 is 1.99. The molecule has 1 aromatic heterocycles. The third-order valence-electron chi connectivity index (χ3n) is 3.40. The van der Waals surface area contributed by atoms with E-state index < -0.39 is 0 Å². The third-order valence-corrected chi connectivity index (χ3v) is 4.53. The van der Waals surface area contributed by atoms with E-state index in [-0.39, 0.29) is 6.04 Å². The topological polar surface area (TPSA) is 42.1 Å². The number of nitrogens with two attached hydrogens (primary N) is 1. The first kappa shape index (κ1) is 12.7. The summed E-state index contributed by atoms with van der Waals surface area (Å²) in [5.41, 5.74) is 6.93. The Morgan fingerprint density at radius 2 is 2.12 bits per heavy atom. The lowest BCUT2D eigenvalue weighted by Gasteiger charge is -2.32. The molecule has 0 spiro atoms. The lowest BCUT2D eigenvalue weighted by molar-refractivity contribution is 0.586. The van der Waals surface area contributed by atoms with Gasteiger partial charge in [-0.15, -0.1) is 0 Å². The molecule has 1 saturated heterocycles. The van der Waals surface area contributed by atoms with Crippen molar-refractivity contribution in [3.63, 3.8) is 0 Å². The first-order valence-electron chi connectivity index (χ1n) is 6.20. The summed E-state index contributed by atoms with van der Waals surface area (Å²) in [6, 6.07) is 4.25. The van der Waals surface area contributed by atoms with Gasteiger partial charge in [-0.2, -0.15) is 11.8 Å². The highest BCUT2D eigenvalue weighted by Crippen LogP contribution is 2.24. The maximum absolute atomic E-state index is 5.82. The number of rotatable bonds is 3. The summed E-state index contributed by atoms with van der Waals surface area (Å²) < 4.78 is 0. The van der Waals surface area contributed by atoms with Crippen molar-refractivity contribution in [3.05, 3.63) is 23.9 Å². The first-order chi connectivity index (χ1) is 8.20. The van der Waals surface area contributed by atoms with E-state index >= 15 is 0 Å². The van der Waals surface area contributed by atoms with E-state index in [1.54, 1.807) is 0 Å². The van der Waals surface area contributed by atoms with Crippen molar-refractivity contribution >= 4 is 17.6 Å². The molecule has 4 heteroatoms. The van der Waals surface area contributed by atoms with Gasteiger partial charge in [-0.25, -0.2) is 4.98 Å². The number of aromatic nitrogens is 1. The fourth-order valence-electron chi connectivity index (χ4n) is 2.17. The summed E-state index contributed by atoms with van der Waals surface area (Å²) in [6.07, 6.45) is 6.63. The monoisotopic (exact) mass is 251 g/mol. The molecule has 0 aromatic carbocycles. The first-order valence-corrected chi connectivity index (χ1v) is 7.48. The van der Waals surface area contributed by atoms with E-state index in [1.807, 2.05) is 24.9 Å². The van der Waals surface area contributed by atoms with Crippen LogP contribution in [0.15, 0.2) is 18.3 Å². The van der Waals surface area contributed by atoms with Gasteiger partial charge in [0.05, 0.1) is 0 Å². The minimum Gasteiger partial charge on any atom is -0.357 e. The van der Waals surface area contributed by atoms with Gasteiger partial charge >= 0.3 is 0 Å². The smallest absolute Gasteiger partial charge is 0.128 e. The molecule has 1 aliphatic rings. The van der Waals surface area contributed by atoms with E-state index in [4.69, 9.17) is 5.73 Å². The van der Waals surface area contributed by atoms with Crippen LogP contribution < -0.4 is 10.6 Å².